The van der Waals surface area contributed by atoms with Crippen molar-refractivity contribution in [2.45, 2.75) is 18.5 Å². The van der Waals surface area contributed by atoms with Crippen molar-refractivity contribution < 1.29 is 4.79 Å². The summed E-state index contributed by atoms with van der Waals surface area (Å²) < 4.78 is 2.27. The fraction of sp³-hybridized carbons (Fsp3) is 0.0714. The van der Waals surface area contributed by atoms with E-state index in [4.69, 9.17) is 4.98 Å². The number of benzene rings is 5. The molecule has 0 aliphatic heterocycles. The highest BCUT2D eigenvalue weighted by Crippen LogP contribution is 2.44. The lowest BCUT2D eigenvalue weighted by molar-refractivity contribution is 0.0935. The number of aromatic nitrogens is 4. The number of aromatic amines is 1. The second kappa shape index (κ2) is 12.2. The predicted octanol–water partition coefficient (Wildman–Crippen LogP) is 8.91. The van der Waals surface area contributed by atoms with Crippen molar-refractivity contribution in [1.82, 2.24) is 25.1 Å². The first-order chi connectivity index (χ1) is 23.6. The number of hydrogen-bond acceptors (Lipinski definition) is 3. The van der Waals surface area contributed by atoms with Gasteiger partial charge in [0.15, 0.2) is 0 Å². The molecule has 0 saturated carbocycles. The van der Waals surface area contributed by atoms with Crippen molar-refractivity contribution in [3.63, 3.8) is 0 Å². The van der Waals surface area contributed by atoms with Gasteiger partial charge in [-0.25, -0.2) is 4.98 Å². The fourth-order valence-corrected chi connectivity index (χ4v) is 6.87. The van der Waals surface area contributed by atoms with Crippen LogP contribution in [0.3, 0.4) is 0 Å². The van der Waals surface area contributed by atoms with Crippen molar-refractivity contribution in [3.8, 4) is 11.3 Å². The first-order valence-corrected chi connectivity index (χ1v) is 16.1. The van der Waals surface area contributed by atoms with Crippen LogP contribution >= 0.6 is 0 Å². The van der Waals surface area contributed by atoms with Crippen molar-refractivity contribution in [2.75, 3.05) is 0 Å². The summed E-state index contributed by atoms with van der Waals surface area (Å²) in [4.78, 5) is 22.7. The number of fused-ring (bicyclic) bond motifs is 2. The molecule has 5 aromatic carbocycles. The Morgan fingerprint density at radius 3 is 1.81 bits per heavy atom. The topological polar surface area (TPSA) is 75.6 Å². The van der Waals surface area contributed by atoms with Crippen LogP contribution in [-0.2, 0) is 5.54 Å². The first kappa shape index (κ1) is 29.2. The monoisotopic (exact) mass is 623 g/mol. The molecule has 6 nitrogen and oxygen atoms in total. The first-order valence-electron chi connectivity index (χ1n) is 16.1. The lowest BCUT2D eigenvalue weighted by atomic mass is 9.77. The molecule has 8 aromatic rings. The largest absolute Gasteiger partial charge is 0.344 e. The summed E-state index contributed by atoms with van der Waals surface area (Å²) in [5.74, 6) is -0.205. The molecule has 3 heterocycles. The zero-order chi connectivity index (χ0) is 32.5. The predicted molar refractivity (Wildman–Crippen MR) is 192 cm³/mol. The lowest BCUT2D eigenvalue weighted by Gasteiger charge is -2.37. The van der Waals surface area contributed by atoms with Crippen LogP contribution in [0.2, 0.25) is 0 Å². The highest BCUT2D eigenvalue weighted by atomic mass is 16.1. The SMILES string of the molecule is C[C@@H](NC(=O)c1cc2cc3c(-c4ccncc4)[nH]n(C(c4ccccc4)(c4ccccc4)c4ccccc4)c3cc2n1)c1ccccc1. The van der Waals surface area contributed by atoms with E-state index in [1.54, 1.807) is 0 Å². The molecule has 0 spiro atoms. The Morgan fingerprint density at radius 1 is 0.708 bits per heavy atom. The number of pyridine rings is 1. The van der Waals surface area contributed by atoms with Crippen molar-refractivity contribution in [1.29, 1.82) is 0 Å². The Bertz CT molecular complexity index is 2240. The van der Waals surface area contributed by atoms with Gasteiger partial charge in [-0.1, -0.05) is 121 Å². The third-order valence-corrected chi connectivity index (χ3v) is 9.17. The van der Waals surface area contributed by atoms with E-state index in [-0.39, 0.29) is 11.9 Å². The molecule has 2 N–H and O–H groups in total. The number of carbonyl (C=O) groups is 1. The molecule has 0 unspecified atom stereocenters. The number of amides is 1. The number of hydrogen-bond donors (Lipinski definition) is 2. The van der Waals surface area contributed by atoms with E-state index < -0.39 is 5.54 Å². The number of rotatable bonds is 8. The van der Waals surface area contributed by atoms with Crippen LogP contribution in [0.25, 0.3) is 33.1 Å². The van der Waals surface area contributed by atoms with Crippen LogP contribution in [0.1, 0.15) is 45.7 Å². The average molecular weight is 624 g/mol. The highest BCUT2D eigenvalue weighted by Gasteiger charge is 2.40. The molecule has 0 bridgehead atoms. The van der Waals surface area contributed by atoms with Gasteiger partial charge >= 0.3 is 0 Å². The van der Waals surface area contributed by atoms with Crippen LogP contribution in [0.15, 0.2) is 164 Å². The highest BCUT2D eigenvalue weighted by molar-refractivity contribution is 6.05. The molecule has 0 aliphatic carbocycles. The molecule has 0 fully saturated rings. The van der Waals surface area contributed by atoms with Gasteiger partial charge in [-0.3, -0.25) is 19.6 Å². The Morgan fingerprint density at radius 2 is 1.25 bits per heavy atom. The Hall–Kier alpha value is -6.27. The molecule has 48 heavy (non-hydrogen) atoms. The molecule has 1 atom stereocenters. The van der Waals surface area contributed by atoms with Gasteiger partial charge in [0.1, 0.15) is 11.2 Å². The van der Waals surface area contributed by atoms with Gasteiger partial charge in [0.25, 0.3) is 5.91 Å². The number of nitrogens with one attached hydrogen (secondary N) is 2. The van der Waals surface area contributed by atoms with E-state index in [0.717, 1.165) is 55.3 Å². The van der Waals surface area contributed by atoms with E-state index in [9.17, 15) is 4.79 Å². The average Bonchev–Trinajstić information content (AvgIpc) is 3.75. The summed E-state index contributed by atoms with van der Waals surface area (Å²) in [5, 5.41) is 8.90. The molecule has 0 aliphatic rings. The van der Waals surface area contributed by atoms with E-state index in [1.165, 1.54) is 0 Å². The summed E-state index contributed by atoms with van der Waals surface area (Å²) in [7, 11) is 0. The van der Waals surface area contributed by atoms with Gasteiger partial charge in [-0.05, 0) is 59.5 Å². The van der Waals surface area contributed by atoms with E-state index >= 15 is 0 Å². The summed E-state index contributed by atoms with van der Waals surface area (Å²) in [6.07, 6.45) is 3.62. The molecule has 3 aromatic heterocycles. The fourth-order valence-electron chi connectivity index (χ4n) is 6.87. The second-order valence-corrected chi connectivity index (χ2v) is 12.0. The summed E-state index contributed by atoms with van der Waals surface area (Å²) in [6, 6.07) is 51.7. The molecular formula is C42H33N5O. The molecule has 0 saturated heterocycles. The quantitative estimate of drug-likeness (QED) is 0.166. The standard InChI is InChI=1S/C42H33N5O/c1-29(30-14-6-2-7-15-30)44-41(48)38-27-32-26-36-39(28-37(32)45-38)47(46-40(36)31-22-24-43-25-23-31)42(33-16-8-3-9-17-33,34-18-10-4-11-19-34)35-20-12-5-13-21-35/h2-29,46H,1H3,(H,44,48)/t29-/m1/s1. The number of nitrogens with zero attached hydrogens (tertiary/aromatic N) is 3. The number of H-pyrrole nitrogens is 1. The van der Waals surface area contributed by atoms with Crippen molar-refractivity contribution in [3.05, 3.63) is 192 Å². The minimum absolute atomic E-state index is 0.155. The Labute approximate surface area is 278 Å². The van der Waals surface area contributed by atoms with E-state index in [0.29, 0.717) is 5.69 Å². The van der Waals surface area contributed by atoms with Crippen LogP contribution in [0.4, 0.5) is 0 Å². The molecule has 6 heteroatoms. The normalized spacial score (nSPS) is 12.3. The zero-order valence-corrected chi connectivity index (χ0v) is 26.4. The smallest absolute Gasteiger partial charge is 0.270 e. The van der Waals surface area contributed by atoms with Crippen LogP contribution in [0.5, 0.6) is 0 Å². The molecule has 0 radical (unpaired) electrons. The van der Waals surface area contributed by atoms with Gasteiger partial charge in [-0.2, -0.15) is 0 Å². The minimum Gasteiger partial charge on any atom is -0.344 e. The second-order valence-electron chi connectivity index (χ2n) is 12.0. The molecule has 232 valence electrons. The minimum atomic E-state index is -0.779. The van der Waals surface area contributed by atoms with Crippen LogP contribution in [-0.4, -0.2) is 25.7 Å². The Balaban J connectivity index is 1.39. The zero-order valence-electron chi connectivity index (χ0n) is 26.4. The van der Waals surface area contributed by atoms with Crippen LogP contribution in [0, 0.1) is 0 Å². The maximum absolute atomic E-state index is 13.5. The van der Waals surface area contributed by atoms with Crippen LogP contribution < -0.4 is 5.32 Å². The molecule has 1 amide bonds. The third kappa shape index (κ3) is 4.95. The summed E-state index contributed by atoms with van der Waals surface area (Å²) >= 11 is 0. The maximum atomic E-state index is 13.5. The molecule has 8 rings (SSSR count). The van der Waals surface area contributed by atoms with Gasteiger partial charge in [-0.15, -0.1) is 0 Å². The van der Waals surface area contributed by atoms with Gasteiger partial charge in [0, 0.05) is 28.7 Å². The summed E-state index contributed by atoms with van der Waals surface area (Å²) in [6.45, 7) is 1.99. The third-order valence-electron chi connectivity index (χ3n) is 9.17. The molecular weight excluding hydrogens is 590 g/mol. The Kier molecular flexibility index (Phi) is 7.38. The van der Waals surface area contributed by atoms with Crippen molar-refractivity contribution in [2.24, 2.45) is 0 Å². The lowest BCUT2D eigenvalue weighted by Crippen LogP contribution is -2.38. The number of carbonyl (C=O) groups excluding carboxylic acids is 1. The summed E-state index contributed by atoms with van der Waals surface area (Å²) in [5.41, 5.74) is 7.61. The van der Waals surface area contributed by atoms with E-state index in [1.807, 2.05) is 86.0 Å². The maximum Gasteiger partial charge on any atom is 0.270 e. The van der Waals surface area contributed by atoms with Gasteiger partial charge in [0.05, 0.1) is 22.8 Å². The van der Waals surface area contributed by atoms with Crippen molar-refractivity contribution >= 4 is 27.7 Å². The van der Waals surface area contributed by atoms with E-state index in [2.05, 4.69) is 105 Å². The van der Waals surface area contributed by atoms with Gasteiger partial charge < -0.3 is 5.32 Å². The van der Waals surface area contributed by atoms with Gasteiger partial charge in [0.2, 0.25) is 0 Å².